The Morgan fingerprint density at radius 2 is 1.80 bits per heavy atom. The molecule has 0 spiro atoms. The predicted molar refractivity (Wildman–Crippen MR) is 110 cm³/mol. The summed E-state index contributed by atoms with van der Waals surface area (Å²) in [5.41, 5.74) is 0.695. The first kappa shape index (κ1) is 21.2. The third-order valence-corrected chi connectivity index (χ3v) is 7.55. The molecule has 30 heavy (non-hydrogen) atoms. The SMILES string of the molecule is O=C(OCc1cc(Cl)c2c(c1)OCO2)C1CCN(S(=O)(=O)c2ccc(Cl)cc2)CC1. The van der Waals surface area contributed by atoms with E-state index < -0.39 is 10.0 Å². The summed E-state index contributed by atoms with van der Waals surface area (Å²) >= 11 is 12.0. The Bertz CT molecular complexity index is 1050. The molecule has 160 valence electrons. The number of benzene rings is 2. The van der Waals surface area contributed by atoms with E-state index in [1.165, 1.54) is 16.4 Å². The van der Waals surface area contributed by atoms with E-state index in [9.17, 15) is 13.2 Å². The lowest BCUT2D eigenvalue weighted by atomic mass is 9.98. The second-order valence-electron chi connectivity index (χ2n) is 7.05. The largest absolute Gasteiger partial charge is 0.461 e. The van der Waals surface area contributed by atoms with E-state index in [-0.39, 0.29) is 43.3 Å². The maximum atomic E-state index is 12.7. The van der Waals surface area contributed by atoms with E-state index in [0.717, 1.165) is 0 Å². The number of halogens is 2. The molecule has 0 N–H and O–H groups in total. The first-order valence-corrected chi connectivity index (χ1v) is 11.5. The second kappa shape index (κ2) is 8.63. The molecule has 2 aliphatic heterocycles. The van der Waals surface area contributed by atoms with Crippen molar-refractivity contribution in [3.63, 3.8) is 0 Å². The number of carbonyl (C=O) groups is 1. The van der Waals surface area contributed by atoms with Gasteiger partial charge in [-0.3, -0.25) is 4.79 Å². The summed E-state index contributed by atoms with van der Waals surface area (Å²) in [5.74, 6) is 0.300. The molecular formula is C20H19Cl2NO6S. The van der Waals surface area contributed by atoms with E-state index in [0.29, 0.717) is 39.9 Å². The molecule has 2 heterocycles. The maximum Gasteiger partial charge on any atom is 0.309 e. The monoisotopic (exact) mass is 471 g/mol. The molecule has 1 saturated heterocycles. The van der Waals surface area contributed by atoms with Gasteiger partial charge in [0.2, 0.25) is 16.8 Å². The van der Waals surface area contributed by atoms with Gasteiger partial charge in [-0.25, -0.2) is 8.42 Å². The summed E-state index contributed by atoms with van der Waals surface area (Å²) < 4.78 is 42.9. The van der Waals surface area contributed by atoms with Gasteiger partial charge in [-0.1, -0.05) is 23.2 Å². The summed E-state index contributed by atoms with van der Waals surface area (Å²) in [5, 5.41) is 0.871. The zero-order valence-corrected chi connectivity index (χ0v) is 18.2. The molecule has 2 aromatic rings. The van der Waals surface area contributed by atoms with E-state index in [1.807, 2.05) is 0 Å². The smallest absolute Gasteiger partial charge is 0.309 e. The molecule has 7 nitrogen and oxygen atoms in total. The van der Waals surface area contributed by atoms with Gasteiger partial charge in [0.1, 0.15) is 6.61 Å². The molecule has 0 aliphatic carbocycles. The highest BCUT2D eigenvalue weighted by molar-refractivity contribution is 7.89. The Kier molecular flexibility index (Phi) is 6.11. The average Bonchev–Trinajstić information content (AvgIpc) is 3.22. The van der Waals surface area contributed by atoms with Crippen LogP contribution in [0.2, 0.25) is 10.0 Å². The van der Waals surface area contributed by atoms with Crippen molar-refractivity contribution in [3.8, 4) is 11.5 Å². The van der Waals surface area contributed by atoms with Crippen LogP contribution in [0.5, 0.6) is 11.5 Å². The minimum Gasteiger partial charge on any atom is -0.461 e. The van der Waals surface area contributed by atoms with Gasteiger partial charge in [0.15, 0.2) is 11.5 Å². The van der Waals surface area contributed by atoms with Gasteiger partial charge in [-0.2, -0.15) is 4.31 Å². The Morgan fingerprint density at radius 1 is 1.10 bits per heavy atom. The van der Waals surface area contributed by atoms with Gasteiger partial charge in [-0.05, 0) is 54.8 Å². The maximum absolute atomic E-state index is 12.7. The Hall–Kier alpha value is -2.00. The number of hydrogen-bond donors (Lipinski definition) is 0. The molecule has 1 fully saturated rings. The molecule has 2 aliphatic rings. The quantitative estimate of drug-likeness (QED) is 0.615. The fourth-order valence-electron chi connectivity index (χ4n) is 3.46. The molecule has 4 rings (SSSR count). The first-order valence-electron chi connectivity index (χ1n) is 9.35. The van der Waals surface area contributed by atoms with Crippen LogP contribution in [0.15, 0.2) is 41.3 Å². The summed E-state index contributed by atoms with van der Waals surface area (Å²) in [4.78, 5) is 12.6. The van der Waals surface area contributed by atoms with Gasteiger partial charge >= 0.3 is 5.97 Å². The van der Waals surface area contributed by atoms with Crippen LogP contribution in [0, 0.1) is 5.92 Å². The van der Waals surface area contributed by atoms with Crippen molar-refractivity contribution in [3.05, 3.63) is 52.0 Å². The summed E-state index contributed by atoms with van der Waals surface area (Å²) in [6.07, 6.45) is 0.793. The fraction of sp³-hybridized carbons (Fsp3) is 0.350. The number of carbonyl (C=O) groups excluding carboxylic acids is 1. The lowest BCUT2D eigenvalue weighted by Gasteiger charge is -2.30. The molecule has 0 atom stereocenters. The Balaban J connectivity index is 1.32. The van der Waals surface area contributed by atoms with Crippen LogP contribution in [0.25, 0.3) is 0 Å². The van der Waals surface area contributed by atoms with Crippen LogP contribution >= 0.6 is 23.2 Å². The van der Waals surface area contributed by atoms with Crippen molar-refractivity contribution in [2.24, 2.45) is 5.92 Å². The first-order chi connectivity index (χ1) is 14.3. The van der Waals surface area contributed by atoms with Gasteiger partial charge < -0.3 is 14.2 Å². The van der Waals surface area contributed by atoms with E-state index in [4.69, 9.17) is 37.4 Å². The molecular weight excluding hydrogens is 453 g/mol. The zero-order valence-electron chi connectivity index (χ0n) is 15.8. The van der Waals surface area contributed by atoms with Crippen LogP contribution in [0.1, 0.15) is 18.4 Å². The number of hydrogen-bond acceptors (Lipinski definition) is 6. The predicted octanol–water partition coefficient (Wildman–Crippen LogP) is 3.87. The highest BCUT2D eigenvalue weighted by Crippen LogP contribution is 2.40. The molecule has 0 radical (unpaired) electrons. The molecule has 0 saturated carbocycles. The Morgan fingerprint density at radius 3 is 2.50 bits per heavy atom. The topological polar surface area (TPSA) is 82.1 Å². The number of piperidine rings is 1. The summed E-state index contributed by atoms with van der Waals surface area (Å²) in [6, 6.07) is 9.44. The van der Waals surface area contributed by atoms with Crippen LogP contribution in [0.3, 0.4) is 0 Å². The standard InChI is InChI=1S/C20H19Cl2NO6S/c21-15-1-3-16(4-2-15)30(25,26)23-7-5-14(6-8-23)20(24)27-11-13-9-17(22)19-18(10-13)28-12-29-19/h1-4,9-10,14H,5-8,11-12H2. The third kappa shape index (κ3) is 4.37. The molecule has 0 unspecified atom stereocenters. The molecule has 0 amide bonds. The molecule has 2 aromatic carbocycles. The molecule has 0 aromatic heterocycles. The number of nitrogens with zero attached hydrogens (tertiary/aromatic N) is 1. The lowest BCUT2D eigenvalue weighted by molar-refractivity contribution is -0.151. The van der Waals surface area contributed by atoms with Crippen molar-refractivity contribution >= 4 is 39.2 Å². The van der Waals surface area contributed by atoms with Gasteiger partial charge in [0, 0.05) is 18.1 Å². The molecule has 0 bridgehead atoms. The van der Waals surface area contributed by atoms with Crippen molar-refractivity contribution in [2.75, 3.05) is 19.9 Å². The fourth-order valence-corrected chi connectivity index (χ4v) is 5.35. The van der Waals surface area contributed by atoms with Gasteiger partial charge in [0.25, 0.3) is 0 Å². The highest BCUT2D eigenvalue weighted by Gasteiger charge is 2.33. The minimum atomic E-state index is -3.61. The zero-order chi connectivity index (χ0) is 21.3. The Labute approximate surface area is 184 Å². The van der Waals surface area contributed by atoms with E-state index in [2.05, 4.69) is 0 Å². The average molecular weight is 472 g/mol. The van der Waals surface area contributed by atoms with Crippen molar-refractivity contribution in [1.82, 2.24) is 4.31 Å². The summed E-state index contributed by atoms with van der Waals surface area (Å²) in [7, 11) is -3.61. The van der Waals surface area contributed by atoms with Crippen molar-refractivity contribution in [2.45, 2.75) is 24.3 Å². The van der Waals surface area contributed by atoms with Gasteiger partial charge in [-0.15, -0.1) is 0 Å². The van der Waals surface area contributed by atoms with Crippen LogP contribution < -0.4 is 9.47 Å². The number of esters is 1. The second-order valence-corrected chi connectivity index (χ2v) is 9.83. The normalized spacial score (nSPS) is 17.1. The number of sulfonamides is 1. The number of fused-ring (bicyclic) bond motifs is 1. The lowest BCUT2D eigenvalue weighted by Crippen LogP contribution is -2.40. The van der Waals surface area contributed by atoms with Crippen LogP contribution in [-0.2, 0) is 26.2 Å². The summed E-state index contributed by atoms with van der Waals surface area (Å²) in [6.45, 7) is 0.662. The van der Waals surface area contributed by atoms with Crippen molar-refractivity contribution < 1.29 is 27.4 Å². The van der Waals surface area contributed by atoms with Crippen molar-refractivity contribution in [1.29, 1.82) is 0 Å². The van der Waals surface area contributed by atoms with Crippen LogP contribution in [-0.4, -0.2) is 38.6 Å². The minimum absolute atomic E-state index is 0.0540. The number of ether oxygens (including phenoxy) is 3. The van der Waals surface area contributed by atoms with Crippen LogP contribution in [0.4, 0.5) is 0 Å². The molecule has 10 heteroatoms. The van der Waals surface area contributed by atoms with E-state index in [1.54, 1.807) is 24.3 Å². The highest BCUT2D eigenvalue weighted by atomic mass is 35.5. The third-order valence-electron chi connectivity index (χ3n) is 5.11. The number of rotatable bonds is 5. The van der Waals surface area contributed by atoms with Gasteiger partial charge in [0.05, 0.1) is 15.8 Å². The van der Waals surface area contributed by atoms with E-state index >= 15 is 0 Å².